The van der Waals surface area contributed by atoms with Crippen LogP contribution >= 0.6 is 0 Å². The summed E-state index contributed by atoms with van der Waals surface area (Å²) >= 11 is 0. The van der Waals surface area contributed by atoms with Gasteiger partial charge in [0, 0.05) is 38.1 Å². The van der Waals surface area contributed by atoms with Gasteiger partial charge in [-0.05, 0) is 37.3 Å². The molecular weight excluding hydrogens is 320 g/mol. The van der Waals surface area contributed by atoms with Crippen molar-refractivity contribution in [3.05, 3.63) is 30.1 Å². The van der Waals surface area contributed by atoms with Crippen molar-refractivity contribution >= 4 is 5.91 Å². The number of aromatic nitrogens is 1. The minimum atomic E-state index is -0.0495. The highest BCUT2D eigenvalue weighted by Gasteiger charge is 2.45. The summed E-state index contributed by atoms with van der Waals surface area (Å²) in [7, 11) is 0. The molecule has 2 bridgehead atoms. The first-order valence-corrected chi connectivity index (χ1v) is 9.33. The number of nitrogens with zero attached hydrogens (tertiary/aromatic N) is 2. The highest BCUT2D eigenvalue weighted by Crippen LogP contribution is 2.34. The molecule has 0 spiro atoms. The zero-order valence-corrected chi connectivity index (χ0v) is 14.5. The number of hydrogen-bond donors (Lipinski definition) is 0. The Hall–Kier alpha value is -1.50. The lowest BCUT2D eigenvalue weighted by molar-refractivity contribution is -0.143. The fourth-order valence-corrected chi connectivity index (χ4v) is 4.24. The van der Waals surface area contributed by atoms with E-state index in [9.17, 15) is 4.79 Å². The Labute approximate surface area is 148 Å². The van der Waals surface area contributed by atoms with Crippen LogP contribution in [0.1, 0.15) is 31.2 Å². The highest BCUT2D eigenvalue weighted by molar-refractivity contribution is 5.79. The van der Waals surface area contributed by atoms with Crippen molar-refractivity contribution in [3.63, 3.8) is 0 Å². The van der Waals surface area contributed by atoms with Gasteiger partial charge in [0.15, 0.2) is 0 Å². The SMILES string of the molecule is O=C(C1CCOCC1)N1CCO[C@H]2CC[C@H]1[C@@H]2OCc1cccnc1. The van der Waals surface area contributed by atoms with E-state index in [1.54, 1.807) is 6.20 Å². The van der Waals surface area contributed by atoms with E-state index in [1.807, 2.05) is 23.2 Å². The van der Waals surface area contributed by atoms with Crippen LogP contribution in [0, 0.1) is 5.92 Å². The summed E-state index contributed by atoms with van der Waals surface area (Å²) in [6.45, 7) is 3.16. The molecule has 136 valence electrons. The highest BCUT2D eigenvalue weighted by atomic mass is 16.5. The second kappa shape index (κ2) is 7.81. The third-order valence-corrected chi connectivity index (χ3v) is 5.58. The van der Waals surface area contributed by atoms with Crippen LogP contribution in [-0.4, -0.2) is 60.4 Å². The van der Waals surface area contributed by atoms with Crippen molar-refractivity contribution in [2.45, 2.75) is 50.5 Å². The largest absolute Gasteiger partial charge is 0.381 e. The number of rotatable bonds is 4. The van der Waals surface area contributed by atoms with Crippen molar-refractivity contribution in [1.29, 1.82) is 0 Å². The summed E-state index contributed by atoms with van der Waals surface area (Å²) in [5.74, 6) is 0.347. The molecule has 3 fully saturated rings. The van der Waals surface area contributed by atoms with Crippen LogP contribution in [0.4, 0.5) is 0 Å². The van der Waals surface area contributed by atoms with Crippen molar-refractivity contribution in [2.24, 2.45) is 5.92 Å². The quantitative estimate of drug-likeness (QED) is 0.832. The Morgan fingerprint density at radius 2 is 2.12 bits per heavy atom. The van der Waals surface area contributed by atoms with Crippen LogP contribution in [0.2, 0.25) is 0 Å². The number of amides is 1. The van der Waals surface area contributed by atoms with E-state index in [2.05, 4.69) is 4.98 Å². The topological polar surface area (TPSA) is 60.9 Å². The molecule has 0 aromatic carbocycles. The van der Waals surface area contributed by atoms with Crippen molar-refractivity contribution in [2.75, 3.05) is 26.4 Å². The molecule has 1 aromatic heterocycles. The van der Waals surface area contributed by atoms with E-state index >= 15 is 0 Å². The van der Waals surface area contributed by atoms with Gasteiger partial charge in [0.1, 0.15) is 6.10 Å². The molecule has 0 unspecified atom stereocenters. The number of ether oxygens (including phenoxy) is 3. The first-order valence-electron chi connectivity index (χ1n) is 9.33. The van der Waals surface area contributed by atoms with E-state index in [-0.39, 0.29) is 30.1 Å². The summed E-state index contributed by atoms with van der Waals surface area (Å²) in [6.07, 6.45) is 7.19. The Morgan fingerprint density at radius 1 is 1.24 bits per heavy atom. The van der Waals surface area contributed by atoms with E-state index < -0.39 is 0 Å². The molecule has 6 heteroatoms. The van der Waals surface area contributed by atoms with Crippen LogP contribution in [0.25, 0.3) is 0 Å². The van der Waals surface area contributed by atoms with Gasteiger partial charge in [-0.1, -0.05) is 6.07 Å². The molecule has 2 aliphatic heterocycles. The number of carbonyl (C=O) groups is 1. The smallest absolute Gasteiger partial charge is 0.226 e. The van der Waals surface area contributed by atoms with E-state index in [1.165, 1.54) is 0 Å². The maximum Gasteiger partial charge on any atom is 0.226 e. The zero-order chi connectivity index (χ0) is 17.1. The summed E-state index contributed by atoms with van der Waals surface area (Å²) in [5.41, 5.74) is 1.05. The first-order chi connectivity index (χ1) is 12.3. The number of hydrogen-bond acceptors (Lipinski definition) is 5. The molecule has 25 heavy (non-hydrogen) atoms. The maximum atomic E-state index is 13.1. The number of carbonyl (C=O) groups excluding carboxylic acids is 1. The lowest BCUT2D eigenvalue weighted by atomic mass is 9.97. The van der Waals surface area contributed by atoms with Gasteiger partial charge in [-0.25, -0.2) is 0 Å². The van der Waals surface area contributed by atoms with Gasteiger partial charge in [-0.15, -0.1) is 0 Å². The monoisotopic (exact) mass is 346 g/mol. The summed E-state index contributed by atoms with van der Waals surface area (Å²) in [4.78, 5) is 19.2. The third kappa shape index (κ3) is 3.71. The maximum absolute atomic E-state index is 13.1. The van der Waals surface area contributed by atoms with Crippen LogP contribution in [0.5, 0.6) is 0 Å². The van der Waals surface area contributed by atoms with Gasteiger partial charge < -0.3 is 19.1 Å². The third-order valence-electron chi connectivity index (χ3n) is 5.58. The van der Waals surface area contributed by atoms with Gasteiger partial charge >= 0.3 is 0 Å². The average Bonchev–Trinajstić information content (AvgIpc) is 2.96. The standard InChI is InChI=1S/C19H26N2O4/c22-19(15-5-9-23-10-6-15)21-8-11-24-17-4-3-16(21)18(17)25-13-14-2-1-7-20-12-14/h1-2,7,12,15-18H,3-6,8-11,13H2/t16-,17-,18-/m0/s1. The molecule has 4 rings (SSSR count). The predicted molar refractivity (Wildman–Crippen MR) is 90.8 cm³/mol. The van der Waals surface area contributed by atoms with Crippen LogP contribution in [0.3, 0.4) is 0 Å². The first kappa shape index (κ1) is 16.9. The summed E-state index contributed by atoms with van der Waals surface area (Å²) in [6, 6.07) is 4.05. The van der Waals surface area contributed by atoms with Crippen molar-refractivity contribution in [3.8, 4) is 0 Å². The molecule has 1 saturated carbocycles. The van der Waals surface area contributed by atoms with E-state index in [0.717, 1.165) is 31.2 Å². The second-order valence-corrected chi connectivity index (χ2v) is 7.11. The Morgan fingerprint density at radius 3 is 2.92 bits per heavy atom. The summed E-state index contributed by atoms with van der Waals surface area (Å²) < 4.78 is 17.6. The molecule has 0 N–H and O–H groups in total. The molecule has 6 nitrogen and oxygen atoms in total. The van der Waals surface area contributed by atoms with Gasteiger partial charge in [0.25, 0.3) is 0 Å². The van der Waals surface area contributed by atoms with E-state index in [4.69, 9.17) is 14.2 Å². The molecule has 1 aliphatic carbocycles. The number of pyridine rings is 1. The van der Waals surface area contributed by atoms with Crippen molar-refractivity contribution in [1.82, 2.24) is 9.88 Å². The van der Waals surface area contributed by atoms with Gasteiger partial charge in [-0.2, -0.15) is 0 Å². The molecule has 3 atom stereocenters. The Kier molecular flexibility index (Phi) is 5.29. The molecule has 3 aliphatic rings. The minimum absolute atomic E-state index is 0.0495. The lowest BCUT2D eigenvalue weighted by Gasteiger charge is -2.35. The van der Waals surface area contributed by atoms with Gasteiger partial charge in [0.05, 0.1) is 25.4 Å². The summed E-state index contributed by atoms with van der Waals surface area (Å²) in [5, 5.41) is 0. The van der Waals surface area contributed by atoms with Crippen LogP contribution in [-0.2, 0) is 25.6 Å². The van der Waals surface area contributed by atoms with Crippen molar-refractivity contribution < 1.29 is 19.0 Å². The lowest BCUT2D eigenvalue weighted by Crippen LogP contribution is -2.49. The normalized spacial score (nSPS) is 30.2. The average molecular weight is 346 g/mol. The molecular formula is C19H26N2O4. The molecule has 1 aromatic rings. The Balaban J connectivity index is 1.45. The number of fused-ring (bicyclic) bond motifs is 2. The fourth-order valence-electron chi connectivity index (χ4n) is 4.24. The minimum Gasteiger partial charge on any atom is -0.381 e. The van der Waals surface area contributed by atoms with Gasteiger partial charge in [0.2, 0.25) is 5.91 Å². The second-order valence-electron chi connectivity index (χ2n) is 7.11. The molecule has 0 radical (unpaired) electrons. The van der Waals surface area contributed by atoms with Gasteiger partial charge in [-0.3, -0.25) is 9.78 Å². The molecule has 2 saturated heterocycles. The Bertz CT molecular complexity index is 576. The van der Waals surface area contributed by atoms with E-state index in [0.29, 0.717) is 33.0 Å². The zero-order valence-electron chi connectivity index (χ0n) is 14.5. The molecule has 1 amide bonds. The van der Waals surface area contributed by atoms with Crippen LogP contribution < -0.4 is 0 Å². The van der Waals surface area contributed by atoms with Crippen LogP contribution in [0.15, 0.2) is 24.5 Å². The fraction of sp³-hybridized carbons (Fsp3) is 0.684. The predicted octanol–water partition coefficient (Wildman–Crippen LogP) is 1.78. The molecule has 3 heterocycles.